The van der Waals surface area contributed by atoms with E-state index in [0.29, 0.717) is 24.1 Å². The van der Waals surface area contributed by atoms with Crippen molar-refractivity contribution in [2.45, 2.75) is 167 Å². The molecule has 0 saturated heterocycles. The lowest BCUT2D eigenvalue weighted by Crippen LogP contribution is -2.41. The van der Waals surface area contributed by atoms with Gasteiger partial charge in [-0.15, -0.1) is 0 Å². The molecule has 2 N–H and O–H groups in total. The zero-order chi connectivity index (χ0) is 36.6. The Labute approximate surface area is 308 Å². The third-order valence-corrected chi connectivity index (χ3v) is 10.2. The maximum atomic E-state index is 12.8. The molecule has 0 aliphatic carbocycles. The number of hydrogen-bond donors (Lipinski definition) is 2. The number of benzene rings is 1. The van der Waals surface area contributed by atoms with E-state index >= 15 is 0 Å². The fraction of sp³-hybridized carbons (Fsp3) is 0.829. The molecule has 0 bridgehead atoms. The number of nitrogens with one attached hydrogen (secondary N) is 1. The van der Waals surface area contributed by atoms with Gasteiger partial charge in [-0.3, -0.25) is 13.8 Å². The second kappa shape index (κ2) is 31.3. The highest BCUT2D eigenvalue weighted by Gasteiger charge is 2.25. The molecule has 0 spiro atoms. The van der Waals surface area contributed by atoms with E-state index in [2.05, 4.69) is 42.6 Å². The maximum absolute atomic E-state index is 12.8. The van der Waals surface area contributed by atoms with Crippen molar-refractivity contribution in [1.82, 2.24) is 5.32 Å². The van der Waals surface area contributed by atoms with E-state index < -0.39 is 13.9 Å². The number of aryl methyl sites for hydroxylation is 1. The van der Waals surface area contributed by atoms with E-state index in [9.17, 15) is 14.3 Å². The van der Waals surface area contributed by atoms with Crippen molar-refractivity contribution in [3.63, 3.8) is 0 Å². The Bertz CT molecular complexity index is 958. The smallest absolute Gasteiger partial charge is 0.379 e. The maximum Gasteiger partial charge on any atom is 0.472 e. The lowest BCUT2D eigenvalue weighted by Gasteiger charge is -2.24. The Morgan fingerprint density at radius 2 is 1.18 bits per heavy atom. The van der Waals surface area contributed by atoms with Gasteiger partial charge in [0.2, 0.25) is 5.91 Å². The molecule has 0 heterocycles. The van der Waals surface area contributed by atoms with Gasteiger partial charge >= 0.3 is 7.82 Å². The molecule has 0 radical (unpaired) electrons. The quantitative estimate of drug-likeness (QED) is 0.0406. The standard InChI is InChI=1S/C41H77N2O6P/c1-5-6-7-8-9-10-11-12-13-16-19-22-28-33-41(44)42-40(38-49-50(45,46)48-36-34-43(2,3)4)37-47-35-29-23-20-17-14-15-18-21-25-30-39-31-26-24-27-32-39/h24,26-27,31-32,40H,5-23,25,28-30,33-38H2,1-4H3,(H-,42,44,45,46)/p+1/t40-/m1/s1. The number of phosphoric ester groups is 1. The van der Waals surface area contributed by atoms with Gasteiger partial charge in [0.1, 0.15) is 13.2 Å². The molecule has 1 aromatic carbocycles. The molecule has 9 heteroatoms. The summed E-state index contributed by atoms with van der Waals surface area (Å²) in [6.07, 6.45) is 29.1. The molecule has 50 heavy (non-hydrogen) atoms. The summed E-state index contributed by atoms with van der Waals surface area (Å²) in [5, 5.41) is 2.98. The Morgan fingerprint density at radius 1 is 0.680 bits per heavy atom. The summed E-state index contributed by atoms with van der Waals surface area (Å²) in [6, 6.07) is 10.2. The molecular weight excluding hydrogens is 647 g/mol. The molecule has 0 aliphatic rings. The first kappa shape index (κ1) is 46.7. The Balaban J connectivity index is 2.22. The van der Waals surface area contributed by atoms with Crippen molar-refractivity contribution in [2.75, 3.05) is 54.1 Å². The molecule has 2 atom stereocenters. The van der Waals surface area contributed by atoms with Crippen molar-refractivity contribution >= 4 is 13.7 Å². The first-order valence-corrected chi connectivity index (χ1v) is 21.9. The van der Waals surface area contributed by atoms with Crippen LogP contribution in [0.25, 0.3) is 0 Å². The highest BCUT2D eigenvalue weighted by molar-refractivity contribution is 7.47. The van der Waals surface area contributed by atoms with Crippen LogP contribution in [-0.2, 0) is 29.6 Å². The minimum atomic E-state index is -4.23. The zero-order valence-corrected chi connectivity index (χ0v) is 33.7. The summed E-state index contributed by atoms with van der Waals surface area (Å²) in [5.41, 5.74) is 1.44. The summed E-state index contributed by atoms with van der Waals surface area (Å²) in [4.78, 5) is 23.0. The van der Waals surface area contributed by atoms with Crippen molar-refractivity contribution in [3.05, 3.63) is 35.9 Å². The number of carbonyl (C=O) groups is 1. The summed E-state index contributed by atoms with van der Waals surface area (Å²) in [5.74, 6) is -0.0657. The lowest BCUT2D eigenvalue weighted by molar-refractivity contribution is -0.870. The minimum Gasteiger partial charge on any atom is -0.379 e. The second-order valence-corrected chi connectivity index (χ2v) is 16.8. The number of nitrogens with zero attached hydrogens (tertiary/aromatic N) is 1. The van der Waals surface area contributed by atoms with Crippen LogP contribution in [-0.4, -0.2) is 75.4 Å². The van der Waals surface area contributed by atoms with Crippen LogP contribution < -0.4 is 5.32 Å². The predicted molar refractivity (Wildman–Crippen MR) is 209 cm³/mol. The summed E-state index contributed by atoms with van der Waals surface area (Å²) < 4.78 is 29.5. The van der Waals surface area contributed by atoms with Gasteiger partial charge < -0.3 is 19.4 Å². The topological polar surface area (TPSA) is 94.1 Å². The first-order chi connectivity index (χ1) is 24.1. The molecule has 1 rings (SSSR count). The van der Waals surface area contributed by atoms with Gasteiger partial charge in [0.15, 0.2) is 0 Å². The molecule has 1 unspecified atom stereocenters. The van der Waals surface area contributed by atoms with E-state index in [1.165, 1.54) is 121 Å². The number of likely N-dealkylation sites (N-methyl/N-ethyl adjacent to an activating group) is 1. The number of quaternary nitrogens is 1. The summed E-state index contributed by atoms with van der Waals surface area (Å²) in [6.45, 7) is 3.66. The van der Waals surface area contributed by atoms with E-state index in [0.717, 1.165) is 32.1 Å². The minimum absolute atomic E-state index is 0.0657. The van der Waals surface area contributed by atoms with Crippen LogP contribution in [0.4, 0.5) is 0 Å². The number of carbonyl (C=O) groups excluding carboxylic acids is 1. The van der Waals surface area contributed by atoms with Crippen LogP contribution in [0.5, 0.6) is 0 Å². The van der Waals surface area contributed by atoms with Gasteiger partial charge in [-0.25, -0.2) is 4.57 Å². The van der Waals surface area contributed by atoms with Gasteiger partial charge in [0.05, 0.1) is 40.4 Å². The monoisotopic (exact) mass is 726 g/mol. The van der Waals surface area contributed by atoms with Gasteiger partial charge in [-0.05, 0) is 31.2 Å². The van der Waals surface area contributed by atoms with Crippen molar-refractivity contribution in [1.29, 1.82) is 0 Å². The third kappa shape index (κ3) is 31.5. The van der Waals surface area contributed by atoms with E-state index in [1.54, 1.807) is 0 Å². The van der Waals surface area contributed by atoms with Gasteiger partial charge in [0.25, 0.3) is 0 Å². The van der Waals surface area contributed by atoms with E-state index in [-0.39, 0.29) is 25.7 Å². The molecule has 0 saturated carbocycles. The van der Waals surface area contributed by atoms with E-state index in [4.69, 9.17) is 13.8 Å². The summed E-state index contributed by atoms with van der Waals surface area (Å²) in [7, 11) is 1.74. The lowest BCUT2D eigenvalue weighted by atomic mass is 10.0. The zero-order valence-electron chi connectivity index (χ0n) is 32.9. The molecule has 0 aromatic heterocycles. The number of rotatable bonds is 36. The third-order valence-electron chi connectivity index (χ3n) is 9.24. The Kier molecular flexibility index (Phi) is 29.2. The normalized spacial score (nSPS) is 13.7. The van der Waals surface area contributed by atoms with E-state index in [1.807, 2.05) is 21.1 Å². The number of hydrogen-bond acceptors (Lipinski definition) is 5. The van der Waals surface area contributed by atoms with Gasteiger partial charge in [0, 0.05) is 13.0 Å². The van der Waals surface area contributed by atoms with Crippen LogP contribution in [0.1, 0.15) is 160 Å². The number of ether oxygens (including phenoxy) is 1. The number of amides is 1. The summed E-state index contributed by atoms with van der Waals surface area (Å²) >= 11 is 0. The fourth-order valence-corrected chi connectivity index (χ4v) is 6.78. The number of unbranched alkanes of at least 4 members (excludes halogenated alkanes) is 20. The van der Waals surface area contributed by atoms with Crippen molar-refractivity contribution in [3.8, 4) is 0 Å². The average molecular weight is 726 g/mol. The van der Waals surface area contributed by atoms with Crippen LogP contribution in [0, 0.1) is 0 Å². The molecule has 0 aliphatic heterocycles. The fourth-order valence-electron chi connectivity index (χ4n) is 6.03. The second-order valence-electron chi connectivity index (χ2n) is 15.4. The predicted octanol–water partition coefficient (Wildman–Crippen LogP) is 10.6. The molecule has 292 valence electrons. The van der Waals surface area contributed by atoms with Gasteiger partial charge in [-0.2, -0.15) is 0 Å². The molecule has 1 aromatic rings. The molecular formula is C41H78N2O6P+. The highest BCUT2D eigenvalue weighted by atomic mass is 31.2. The van der Waals surface area contributed by atoms with Crippen LogP contribution >= 0.6 is 7.82 Å². The largest absolute Gasteiger partial charge is 0.472 e. The first-order valence-electron chi connectivity index (χ1n) is 20.4. The van der Waals surface area contributed by atoms with Crippen LogP contribution in [0.3, 0.4) is 0 Å². The van der Waals surface area contributed by atoms with Crippen molar-refractivity contribution < 1.29 is 32.5 Å². The van der Waals surface area contributed by atoms with Crippen LogP contribution in [0.2, 0.25) is 0 Å². The van der Waals surface area contributed by atoms with Crippen molar-refractivity contribution in [2.24, 2.45) is 0 Å². The number of phosphoric acid groups is 1. The highest BCUT2D eigenvalue weighted by Crippen LogP contribution is 2.43. The SMILES string of the molecule is CCCCCCCCCCCCCCCC(=O)N[C@H](COCCCCCCCCCCCc1ccccc1)COP(=O)(O)OCC[N+](C)(C)C. The Hall–Kier alpha value is -1.28. The molecule has 1 amide bonds. The average Bonchev–Trinajstić information content (AvgIpc) is 3.07. The van der Waals surface area contributed by atoms with Gasteiger partial charge in [-0.1, -0.05) is 159 Å². The molecule has 0 fully saturated rings. The Morgan fingerprint density at radius 3 is 1.72 bits per heavy atom. The van der Waals surface area contributed by atoms with Crippen LogP contribution in [0.15, 0.2) is 30.3 Å². The molecule has 8 nitrogen and oxygen atoms in total.